The molecular formula is C28H22IN3O4. The van der Waals surface area contributed by atoms with E-state index in [-0.39, 0.29) is 11.7 Å². The van der Waals surface area contributed by atoms with Crippen LogP contribution in [-0.4, -0.2) is 21.9 Å². The highest BCUT2D eigenvalue weighted by molar-refractivity contribution is 14.1. The lowest BCUT2D eigenvalue weighted by atomic mass is 10.0. The number of nitrogens with one attached hydrogen (secondary N) is 2. The molecule has 0 spiro atoms. The summed E-state index contributed by atoms with van der Waals surface area (Å²) in [5.41, 5.74) is 5.64. The van der Waals surface area contributed by atoms with Gasteiger partial charge in [-0.3, -0.25) is 15.0 Å². The van der Waals surface area contributed by atoms with E-state index < -0.39 is 12.1 Å². The van der Waals surface area contributed by atoms with Gasteiger partial charge in [-0.1, -0.05) is 48.5 Å². The van der Waals surface area contributed by atoms with Crippen LogP contribution < -0.4 is 15.5 Å². The lowest BCUT2D eigenvalue weighted by Crippen LogP contribution is -2.52. The Balaban J connectivity index is 1.37. The maximum absolute atomic E-state index is 13.5. The van der Waals surface area contributed by atoms with Crippen LogP contribution in [0.1, 0.15) is 38.0 Å². The van der Waals surface area contributed by atoms with Crippen molar-refractivity contribution >= 4 is 40.1 Å². The van der Waals surface area contributed by atoms with Crippen molar-refractivity contribution in [2.75, 3.05) is 5.32 Å². The zero-order chi connectivity index (χ0) is 25.1. The first kappa shape index (κ1) is 23.7. The van der Waals surface area contributed by atoms with Crippen molar-refractivity contribution in [2.24, 2.45) is 0 Å². The Morgan fingerprint density at radius 1 is 0.972 bits per heavy atom. The molecule has 4 aromatic rings. The minimum absolute atomic E-state index is 0.0101. The monoisotopic (exact) mass is 591 g/mol. The van der Waals surface area contributed by atoms with Gasteiger partial charge in [-0.05, 0) is 76.7 Å². The van der Waals surface area contributed by atoms with E-state index in [4.69, 9.17) is 4.74 Å². The minimum atomic E-state index is -0.802. The second-order valence-corrected chi connectivity index (χ2v) is 9.46. The van der Waals surface area contributed by atoms with Crippen LogP contribution in [0.2, 0.25) is 0 Å². The molecule has 0 radical (unpaired) electrons. The minimum Gasteiger partial charge on any atom is -0.508 e. The molecule has 36 heavy (non-hydrogen) atoms. The summed E-state index contributed by atoms with van der Waals surface area (Å²) < 4.78 is 6.69. The second-order valence-electron chi connectivity index (χ2n) is 8.21. The van der Waals surface area contributed by atoms with Crippen molar-refractivity contribution in [1.29, 1.82) is 0 Å². The third-order valence-electron chi connectivity index (χ3n) is 5.80. The molecule has 2 amide bonds. The molecule has 0 unspecified atom stereocenters. The molecule has 7 nitrogen and oxygen atoms in total. The van der Waals surface area contributed by atoms with E-state index in [1.807, 2.05) is 42.5 Å². The Morgan fingerprint density at radius 2 is 1.69 bits per heavy atom. The Bertz CT molecular complexity index is 1410. The fourth-order valence-corrected chi connectivity index (χ4v) is 4.44. The van der Waals surface area contributed by atoms with E-state index in [2.05, 4.69) is 33.3 Å². The summed E-state index contributed by atoms with van der Waals surface area (Å²) in [5, 5.41) is 15.0. The summed E-state index contributed by atoms with van der Waals surface area (Å²) in [6, 6.07) is 28.7. The van der Waals surface area contributed by atoms with Gasteiger partial charge in [-0.25, -0.2) is 5.01 Å². The molecule has 0 saturated heterocycles. The zero-order valence-electron chi connectivity index (χ0n) is 19.0. The molecule has 1 aliphatic heterocycles. The number of hydrogen-bond donors (Lipinski definition) is 3. The van der Waals surface area contributed by atoms with Crippen molar-refractivity contribution in [1.82, 2.24) is 10.4 Å². The Labute approximate surface area is 221 Å². The van der Waals surface area contributed by atoms with Crippen molar-refractivity contribution < 1.29 is 19.4 Å². The van der Waals surface area contributed by atoms with Crippen LogP contribution in [0.5, 0.6) is 11.5 Å². The summed E-state index contributed by atoms with van der Waals surface area (Å²) in [6.07, 6.45) is -0.802. The highest BCUT2D eigenvalue weighted by Gasteiger charge is 2.36. The van der Waals surface area contributed by atoms with Crippen molar-refractivity contribution in [2.45, 2.75) is 12.8 Å². The number of phenols is 1. The van der Waals surface area contributed by atoms with Gasteiger partial charge in [-0.2, -0.15) is 0 Å². The molecule has 180 valence electrons. The number of aromatic hydroxyl groups is 1. The van der Waals surface area contributed by atoms with Gasteiger partial charge in [0.25, 0.3) is 11.8 Å². The quantitative estimate of drug-likeness (QED) is 0.258. The summed E-state index contributed by atoms with van der Waals surface area (Å²) in [5.74, 6) is -0.210. The van der Waals surface area contributed by atoms with Crippen molar-refractivity contribution in [3.05, 3.63) is 123 Å². The van der Waals surface area contributed by atoms with Crippen LogP contribution >= 0.6 is 22.6 Å². The van der Waals surface area contributed by atoms with Gasteiger partial charge >= 0.3 is 0 Å². The fraction of sp³-hybridized carbons (Fsp3) is 0.0714. The molecule has 3 N–H and O–H groups in total. The molecule has 8 heteroatoms. The van der Waals surface area contributed by atoms with Gasteiger partial charge < -0.3 is 15.2 Å². The smallest absolute Gasteiger partial charge is 0.276 e. The predicted octanol–water partition coefficient (Wildman–Crippen LogP) is 5.49. The molecule has 0 saturated carbocycles. The molecule has 0 aromatic heterocycles. The Kier molecular flexibility index (Phi) is 6.77. The number of para-hydroxylation sites is 1. The van der Waals surface area contributed by atoms with Crippen molar-refractivity contribution in [3.8, 4) is 11.5 Å². The first-order valence-corrected chi connectivity index (χ1v) is 12.3. The van der Waals surface area contributed by atoms with Crippen LogP contribution in [0.25, 0.3) is 0 Å². The number of hydrogen-bond acceptors (Lipinski definition) is 5. The van der Waals surface area contributed by atoms with E-state index in [1.165, 1.54) is 5.01 Å². The number of halogens is 1. The number of amides is 2. The number of anilines is 1. The average Bonchev–Trinajstić information content (AvgIpc) is 2.90. The zero-order valence-corrected chi connectivity index (χ0v) is 21.2. The van der Waals surface area contributed by atoms with Crippen LogP contribution in [0.3, 0.4) is 0 Å². The molecule has 1 aliphatic rings. The summed E-state index contributed by atoms with van der Waals surface area (Å²) in [7, 11) is 0. The standard InChI is InChI=1S/C28H22IN3O4/c29-20-12-15-24-23(16-20)28(35)32(26(30-24)22-8-4-5-9-25(22)33)31-27(34)19-10-13-21(14-11-19)36-17-18-6-2-1-3-7-18/h1-16,26,30,33H,17H2,(H,31,34)/t26-/m1/s1. The number of carbonyl (C=O) groups is 2. The average molecular weight is 591 g/mol. The molecule has 0 aliphatic carbocycles. The van der Waals surface area contributed by atoms with Crippen LogP contribution in [0, 0.1) is 3.57 Å². The maximum atomic E-state index is 13.5. The molecule has 4 aromatic carbocycles. The van der Waals surface area contributed by atoms with Gasteiger partial charge in [0.1, 0.15) is 18.1 Å². The molecule has 0 fully saturated rings. The highest BCUT2D eigenvalue weighted by Crippen LogP contribution is 2.36. The van der Waals surface area contributed by atoms with E-state index in [9.17, 15) is 14.7 Å². The SMILES string of the molecule is O=C(NN1C(=O)c2cc(I)ccc2N[C@H]1c1ccccc1O)c1ccc(OCc2ccccc2)cc1. The highest BCUT2D eigenvalue weighted by atomic mass is 127. The maximum Gasteiger partial charge on any atom is 0.276 e. The normalized spacial score (nSPS) is 14.5. The fourth-order valence-electron chi connectivity index (χ4n) is 3.95. The van der Waals surface area contributed by atoms with E-state index in [0.717, 1.165) is 9.13 Å². The van der Waals surface area contributed by atoms with Crippen LogP contribution in [-0.2, 0) is 6.61 Å². The van der Waals surface area contributed by atoms with Crippen LogP contribution in [0.15, 0.2) is 97.1 Å². The third kappa shape index (κ3) is 4.99. The Hall–Kier alpha value is -4.05. The van der Waals surface area contributed by atoms with Gasteiger partial charge in [0.15, 0.2) is 6.17 Å². The van der Waals surface area contributed by atoms with Gasteiger partial charge in [0.05, 0.1) is 5.56 Å². The Morgan fingerprint density at radius 3 is 2.44 bits per heavy atom. The number of nitrogens with zero attached hydrogens (tertiary/aromatic N) is 1. The number of phenolic OH excluding ortho intramolecular Hbond substituents is 1. The summed E-state index contributed by atoms with van der Waals surface area (Å²) in [6.45, 7) is 0.417. The molecule has 0 bridgehead atoms. The number of hydrazine groups is 1. The number of ether oxygens (including phenoxy) is 1. The molecular weight excluding hydrogens is 569 g/mol. The molecule has 1 atom stereocenters. The third-order valence-corrected chi connectivity index (χ3v) is 6.47. The van der Waals surface area contributed by atoms with Crippen LogP contribution in [0.4, 0.5) is 5.69 Å². The first-order chi connectivity index (χ1) is 17.5. The van der Waals surface area contributed by atoms with E-state index in [1.54, 1.807) is 54.6 Å². The number of rotatable bonds is 6. The first-order valence-electron chi connectivity index (χ1n) is 11.2. The molecule has 5 rings (SSSR count). The number of fused-ring (bicyclic) bond motifs is 1. The summed E-state index contributed by atoms with van der Waals surface area (Å²) in [4.78, 5) is 26.6. The summed E-state index contributed by atoms with van der Waals surface area (Å²) >= 11 is 2.14. The number of carbonyl (C=O) groups excluding carboxylic acids is 2. The van der Waals surface area contributed by atoms with Crippen molar-refractivity contribution in [3.63, 3.8) is 0 Å². The largest absolute Gasteiger partial charge is 0.508 e. The molecule has 1 heterocycles. The second kappa shape index (κ2) is 10.3. The van der Waals surface area contributed by atoms with E-state index in [0.29, 0.717) is 34.7 Å². The lowest BCUT2D eigenvalue weighted by molar-refractivity contribution is 0.0488. The predicted molar refractivity (Wildman–Crippen MR) is 144 cm³/mol. The van der Waals surface area contributed by atoms with Gasteiger partial charge in [0.2, 0.25) is 0 Å². The van der Waals surface area contributed by atoms with Gasteiger partial charge in [-0.15, -0.1) is 0 Å². The topological polar surface area (TPSA) is 90.9 Å². The van der Waals surface area contributed by atoms with E-state index >= 15 is 0 Å². The van der Waals surface area contributed by atoms with Gasteiger partial charge in [0, 0.05) is 20.4 Å². The number of benzene rings is 4. The lowest BCUT2D eigenvalue weighted by Gasteiger charge is -2.38.